The van der Waals surface area contributed by atoms with E-state index in [-0.39, 0.29) is 23.4 Å². The van der Waals surface area contributed by atoms with Crippen LogP contribution in [0.2, 0.25) is 0 Å². The van der Waals surface area contributed by atoms with E-state index in [0.29, 0.717) is 24.1 Å². The van der Waals surface area contributed by atoms with Gasteiger partial charge in [-0.2, -0.15) is 0 Å². The van der Waals surface area contributed by atoms with Crippen molar-refractivity contribution in [3.05, 3.63) is 70.5 Å². The normalized spacial score (nSPS) is 17.4. The number of aliphatic hydroxyl groups is 1. The summed E-state index contributed by atoms with van der Waals surface area (Å²) >= 11 is 0. The Balaban J connectivity index is 2.10. The molecule has 1 aliphatic rings. The Morgan fingerprint density at radius 3 is 2.29 bits per heavy atom. The SMILES string of the molecule is COC(=O)c1ccc([C@@H]2C(=C(O)c3ccc(OC)c(F)c3)C(=O)C(=O)N2CCCN(C)C)cc1. The fourth-order valence-electron chi connectivity index (χ4n) is 3.90. The molecule has 0 unspecified atom stereocenters. The van der Waals surface area contributed by atoms with Crippen LogP contribution in [0.5, 0.6) is 5.75 Å². The van der Waals surface area contributed by atoms with E-state index in [2.05, 4.69) is 0 Å². The molecule has 8 nitrogen and oxygen atoms in total. The number of methoxy groups -OCH3 is 2. The number of carbonyl (C=O) groups is 3. The van der Waals surface area contributed by atoms with E-state index in [0.717, 1.165) is 6.07 Å². The van der Waals surface area contributed by atoms with Crippen LogP contribution in [0.25, 0.3) is 5.76 Å². The summed E-state index contributed by atoms with van der Waals surface area (Å²) in [5, 5.41) is 11.0. The van der Waals surface area contributed by atoms with Crippen LogP contribution < -0.4 is 4.74 Å². The summed E-state index contributed by atoms with van der Waals surface area (Å²) in [4.78, 5) is 41.1. The molecule has 2 aromatic carbocycles. The summed E-state index contributed by atoms with van der Waals surface area (Å²) in [5.74, 6) is -3.37. The first-order valence-electron chi connectivity index (χ1n) is 10.6. The minimum absolute atomic E-state index is 0.0179. The zero-order valence-electron chi connectivity index (χ0n) is 19.5. The summed E-state index contributed by atoms with van der Waals surface area (Å²) < 4.78 is 23.9. The van der Waals surface area contributed by atoms with Gasteiger partial charge in [0.25, 0.3) is 11.7 Å². The van der Waals surface area contributed by atoms with Crippen molar-refractivity contribution >= 4 is 23.4 Å². The molecule has 1 saturated heterocycles. The van der Waals surface area contributed by atoms with E-state index >= 15 is 0 Å². The van der Waals surface area contributed by atoms with Crippen molar-refractivity contribution < 1.29 is 33.4 Å². The van der Waals surface area contributed by atoms with E-state index in [4.69, 9.17) is 9.47 Å². The molecule has 9 heteroatoms. The minimum Gasteiger partial charge on any atom is -0.507 e. The van der Waals surface area contributed by atoms with Crippen LogP contribution >= 0.6 is 0 Å². The number of likely N-dealkylation sites (tertiary alicyclic amines) is 1. The van der Waals surface area contributed by atoms with Crippen molar-refractivity contribution in [2.24, 2.45) is 0 Å². The molecule has 1 atom stereocenters. The van der Waals surface area contributed by atoms with Crippen LogP contribution in [0.4, 0.5) is 4.39 Å². The Labute approximate surface area is 197 Å². The average Bonchev–Trinajstić information content (AvgIpc) is 3.08. The van der Waals surface area contributed by atoms with Gasteiger partial charge < -0.3 is 24.4 Å². The average molecular weight is 470 g/mol. The third-order valence-electron chi connectivity index (χ3n) is 5.62. The number of benzene rings is 2. The van der Waals surface area contributed by atoms with Crippen molar-refractivity contribution in [1.82, 2.24) is 9.80 Å². The van der Waals surface area contributed by atoms with Gasteiger partial charge in [0.15, 0.2) is 11.6 Å². The van der Waals surface area contributed by atoms with Crippen molar-refractivity contribution in [2.75, 3.05) is 41.4 Å². The van der Waals surface area contributed by atoms with Gasteiger partial charge in [-0.05, 0) is 63.0 Å². The number of nitrogens with zero attached hydrogens (tertiary/aromatic N) is 2. The number of rotatable bonds is 8. The molecule has 1 heterocycles. The first kappa shape index (κ1) is 24.9. The monoisotopic (exact) mass is 470 g/mol. The second kappa shape index (κ2) is 10.5. The third-order valence-corrected chi connectivity index (χ3v) is 5.62. The highest BCUT2D eigenvalue weighted by Crippen LogP contribution is 2.40. The van der Waals surface area contributed by atoms with Gasteiger partial charge in [-0.3, -0.25) is 9.59 Å². The number of hydrogen-bond donors (Lipinski definition) is 1. The number of carbonyl (C=O) groups excluding carboxylic acids is 3. The molecule has 2 aromatic rings. The largest absolute Gasteiger partial charge is 0.507 e. The zero-order valence-corrected chi connectivity index (χ0v) is 19.5. The molecular weight excluding hydrogens is 443 g/mol. The van der Waals surface area contributed by atoms with E-state index in [1.54, 1.807) is 12.1 Å². The van der Waals surface area contributed by atoms with Gasteiger partial charge in [-0.25, -0.2) is 9.18 Å². The predicted molar refractivity (Wildman–Crippen MR) is 123 cm³/mol. The van der Waals surface area contributed by atoms with Crippen molar-refractivity contribution in [2.45, 2.75) is 12.5 Å². The van der Waals surface area contributed by atoms with E-state index < -0.39 is 35.3 Å². The molecule has 1 N–H and O–H groups in total. The number of hydrogen-bond acceptors (Lipinski definition) is 7. The molecule has 1 aliphatic heterocycles. The van der Waals surface area contributed by atoms with Crippen molar-refractivity contribution in [1.29, 1.82) is 0 Å². The summed E-state index contributed by atoms with van der Waals surface area (Å²) in [6.45, 7) is 0.945. The molecule has 3 rings (SSSR count). The number of Topliss-reactive ketones (excluding diaryl/α,β-unsaturated/α-hetero) is 1. The maximum absolute atomic E-state index is 14.3. The standard InChI is InChI=1S/C25H27FN2O6/c1-27(2)12-5-13-28-21(15-6-8-16(9-7-15)25(32)34-4)20(23(30)24(28)31)22(29)17-10-11-19(33-3)18(26)14-17/h6-11,14,21,29H,5,12-13H2,1-4H3/t21-/m1/s1. The number of ketones is 1. The van der Waals surface area contributed by atoms with Crippen molar-refractivity contribution in [3.63, 3.8) is 0 Å². The summed E-state index contributed by atoms with van der Waals surface area (Å²) in [6, 6.07) is 9.13. The molecule has 1 amide bonds. The lowest BCUT2D eigenvalue weighted by atomic mass is 9.94. The Bertz CT molecular complexity index is 1130. The molecule has 0 aliphatic carbocycles. The fraction of sp³-hybridized carbons (Fsp3) is 0.320. The maximum Gasteiger partial charge on any atom is 0.337 e. The smallest absolute Gasteiger partial charge is 0.337 e. The lowest BCUT2D eigenvalue weighted by Crippen LogP contribution is -2.32. The predicted octanol–water partition coefficient (Wildman–Crippen LogP) is 2.99. The van der Waals surface area contributed by atoms with Gasteiger partial charge in [-0.15, -0.1) is 0 Å². The topological polar surface area (TPSA) is 96.4 Å². The van der Waals surface area contributed by atoms with Gasteiger partial charge in [-0.1, -0.05) is 12.1 Å². The second-order valence-electron chi connectivity index (χ2n) is 8.11. The van der Waals surface area contributed by atoms with E-state index in [1.165, 1.54) is 43.4 Å². The van der Waals surface area contributed by atoms with Gasteiger partial charge >= 0.3 is 5.97 Å². The van der Waals surface area contributed by atoms with E-state index in [9.17, 15) is 23.9 Å². The molecule has 0 aromatic heterocycles. The Morgan fingerprint density at radius 2 is 1.74 bits per heavy atom. The third kappa shape index (κ3) is 4.94. The van der Waals surface area contributed by atoms with Crippen LogP contribution in [0.15, 0.2) is 48.0 Å². The first-order chi connectivity index (χ1) is 16.2. The van der Waals surface area contributed by atoms with E-state index in [1.807, 2.05) is 19.0 Å². The lowest BCUT2D eigenvalue weighted by Gasteiger charge is -2.26. The quantitative estimate of drug-likeness (QED) is 0.274. The van der Waals surface area contributed by atoms with Crippen molar-refractivity contribution in [3.8, 4) is 5.75 Å². The number of esters is 1. The highest BCUT2D eigenvalue weighted by Gasteiger charge is 2.45. The second-order valence-corrected chi connectivity index (χ2v) is 8.11. The molecule has 0 saturated carbocycles. The Hall–Kier alpha value is -3.72. The summed E-state index contributed by atoms with van der Waals surface area (Å²) in [7, 11) is 6.38. The van der Waals surface area contributed by atoms with Crippen LogP contribution in [0.1, 0.15) is 33.9 Å². The molecule has 1 fully saturated rings. The van der Waals surface area contributed by atoms with Gasteiger partial charge in [0.1, 0.15) is 5.76 Å². The highest BCUT2D eigenvalue weighted by atomic mass is 19.1. The first-order valence-corrected chi connectivity index (χ1v) is 10.6. The molecular formula is C25H27FN2O6. The number of aliphatic hydroxyl groups excluding tert-OH is 1. The lowest BCUT2D eigenvalue weighted by molar-refractivity contribution is -0.139. The molecule has 34 heavy (non-hydrogen) atoms. The summed E-state index contributed by atoms with van der Waals surface area (Å²) in [5.41, 5.74) is 0.714. The van der Waals surface area contributed by atoms with Crippen LogP contribution in [0, 0.1) is 5.82 Å². The van der Waals surface area contributed by atoms with Gasteiger partial charge in [0, 0.05) is 12.1 Å². The Morgan fingerprint density at radius 1 is 1.09 bits per heavy atom. The van der Waals surface area contributed by atoms with Gasteiger partial charge in [0.2, 0.25) is 0 Å². The van der Waals surface area contributed by atoms with Gasteiger partial charge in [0.05, 0.1) is 31.4 Å². The number of ether oxygens (including phenoxy) is 2. The molecule has 180 valence electrons. The highest BCUT2D eigenvalue weighted by molar-refractivity contribution is 6.46. The minimum atomic E-state index is -0.904. The van der Waals surface area contributed by atoms with Crippen LogP contribution in [-0.4, -0.2) is 74.0 Å². The summed E-state index contributed by atoms with van der Waals surface area (Å²) in [6.07, 6.45) is 0.591. The Kier molecular flexibility index (Phi) is 7.68. The van der Waals surface area contributed by atoms with Crippen LogP contribution in [-0.2, 0) is 14.3 Å². The molecule has 0 radical (unpaired) electrons. The number of halogens is 1. The maximum atomic E-state index is 14.3. The number of amides is 1. The van der Waals surface area contributed by atoms with Crippen LogP contribution in [0.3, 0.4) is 0 Å². The fourth-order valence-corrected chi connectivity index (χ4v) is 3.90. The molecule has 0 bridgehead atoms. The zero-order chi connectivity index (χ0) is 25.0. The molecule has 0 spiro atoms.